The van der Waals surface area contributed by atoms with Crippen LogP contribution in [0.1, 0.15) is 36.0 Å². The van der Waals surface area contributed by atoms with Crippen LogP contribution in [0.3, 0.4) is 0 Å². The molecule has 2 heterocycles. The van der Waals surface area contributed by atoms with Crippen LogP contribution in [0.5, 0.6) is 0 Å². The fourth-order valence-corrected chi connectivity index (χ4v) is 3.74. The zero-order valence-corrected chi connectivity index (χ0v) is 15.0. The van der Waals surface area contributed by atoms with Crippen LogP contribution in [0, 0.1) is 11.7 Å². The highest BCUT2D eigenvalue weighted by atomic mass is 35.5. The second-order valence-corrected chi connectivity index (χ2v) is 6.66. The van der Waals surface area contributed by atoms with Gasteiger partial charge in [0.2, 0.25) is 5.91 Å². The Morgan fingerprint density at radius 2 is 1.80 bits per heavy atom. The lowest BCUT2D eigenvalue weighted by atomic mass is 9.95. The highest BCUT2D eigenvalue weighted by molar-refractivity contribution is 5.94. The highest BCUT2D eigenvalue weighted by Crippen LogP contribution is 2.25. The summed E-state index contributed by atoms with van der Waals surface area (Å²) in [6.45, 7) is 2.34. The second kappa shape index (κ2) is 8.63. The Bertz CT molecular complexity index is 611. The molecular weight excluding hydrogens is 345 g/mol. The predicted octanol–water partition coefficient (Wildman–Crippen LogP) is 2.05. The van der Waals surface area contributed by atoms with E-state index in [0.29, 0.717) is 25.2 Å². The van der Waals surface area contributed by atoms with E-state index >= 15 is 0 Å². The molecular formula is C18H25ClFN3O2. The van der Waals surface area contributed by atoms with Crippen molar-refractivity contribution in [3.8, 4) is 0 Å². The third-order valence-corrected chi connectivity index (χ3v) is 5.08. The maximum atomic E-state index is 13.0. The molecule has 0 aliphatic carbocycles. The first-order valence-electron chi connectivity index (χ1n) is 8.65. The van der Waals surface area contributed by atoms with Gasteiger partial charge < -0.3 is 15.5 Å². The number of hydrogen-bond donors (Lipinski definition) is 1. The summed E-state index contributed by atoms with van der Waals surface area (Å²) >= 11 is 0. The van der Waals surface area contributed by atoms with Gasteiger partial charge in [-0.15, -0.1) is 12.4 Å². The molecule has 138 valence electrons. The van der Waals surface area contributed by atoms with Crippen LogP contribution >= 0.6 is 12.4 Å². The van der Waals surface area contributed by atoms with Gasteiger partial charge in [-0.3, -0.25) is 9.59 Å². The molecule has 5 nitrogen and oxygen atoms in total. The van der Waals surface area contributed by atoms with E-state index in [1.165, 1.54) is 24.3 Å². The summed E-state index contributed by atoms with van der Waals surface area (Å²) in [7, 11) is 0. The van der Waals surface area contributed by atoms with E-state index < -0.39 is 0 Å². The fraction of sp³-hybridized carbons (Fsp3) is 0.556. The molecule has 2 amide bonds. The van der Waals surface area contributed by atoms with Crippen molar-refractivity contribution < 1.29 is 14.0 Å². The largest absolute Gasteiger partial charge is 0.338 e. The molecule has 2 fully saturated rings. The Balaban J connectivity index is 0.00000225. The molecule has 2 aliphatic rings. The number of likely N-dealkylation sites (tertiary alicyclic amines) is 2. The van der Waals surface area contributed by atoms with Gasteiger partial charge >= 0.3 is 0 Å². The molecule has 2 aliphatic heterocycles. The van der Waals surface area contributed by atoms with Crippen molar-refractivity contribution in [1.82, 2.24) is 9.80 Å². The van der Waals surface area contributed by atoms with Gasteiger partial charge in [-0.2, -0.15) is 0 Å². The molecule has 2 N–H and O–H groups in total. The Kier molecular flexibility index (Phi) is 6.79. The smallest absolute Gasteiger partial charge is 0.253 e. The number of nitrogens with two attached hydrogens (primary N) is 1. The zero-order valence-electron chi connectivity index (χ0n) is 14.2. The minimum absolute atomic E-state index is 0. The predicted molar refractivity (Wildman–Crippen MR) is 96.1 cm³/mol. The minimum Gasteiger partial charge on any atom is -0.338 e. The van der Waals surface area contributed by atoms with Gasteiger partial charge in [0.1, 0.15) is 5.82 Å². The molecule has 2 saturated heterocycles. The zero-order chi connectivity index (χ0) is 17.1. The van der Waals surface area contributed by atoms with Gasteiger partial charge in [0.15, 0.2) is 0 Å². The quantitative estimate of drug-likeness (QED) is 0.886. The number of piperidine rings is 1. The summed E-state index contributed by atoms with van der Waals surface area (Å²) in [5.41, 5.74) is 6.23. The number of rotatable bonds is 3. The summed E-state index contributed by atoms with van der Waals surface area (Å²) in [5, 5.41) is 0. The van der Waals surface area contributed by atoms with E-state index in [4.69, 9.17) is 5.73 Å². The van der Waals surface area contributed by atoms with Gasteiger partial charge in [0, 0.05) is 37.8 Å². The number of amides is 2. The lowest BCUT2D eigenvalue weighted by molar-refractivity contribution is -0.137. The van der Waals surface area contributed by atoms with Crippen molar-refractivity contribution in [2.24, 2.45) is 11.7 Å². The third kappa shape index (κ3) is 4.30. The number of nitrogens with zero attached hydrogens (tertiary/aromatic N) is 2. The molecule has 7 heteroatoms. The molecule has 1 aromatic rings. The lowest BCUT2D eigenvalue weighted by Gasteiger charge is -2.35. The highest BCUT2D eigenvalue weighted by Gasteiger charge is 2.35. The lowest BCUT2D eigenvalue weighted by Crippen LogP contribution is -2.49. The van der Waals surface area contributed by atoms with E-state index in [-0.39, 0.29) is 42.0 Å². The van der Waals surface area contributed by atoms with Crippen LogP contribution < -0.4 is 5.73 Å². The van der Waals surface area contributed by atoms with Crippen molar-refractivity contribution in [3.63, 3.8) is 0 Å². The van der Waals surface area contributed by atoms with Gasteiger partial charge in [0.05, 0.1) is 5.92 Å². The number of benzene rings is 1. The van der Waals surface area contributed by atoms with Crippen LogP contribution in [0.15, 0.2) is 24.3 Å². The number of carbonyl (C=O) groups excluding carboxylic acids is 2. The summed E-state index contributed by atoms with van der Waals surface area (Å²) in [6, 6.07) is 5.70. The Labute approximate surface area is 153 Å². The van der Waals surface area contributed by atoms with Crippen molar-refractivity contribution in [2.45, 2.75) is 31.7 Å². The van der Waals surface area contributed by atoms with Crippen LogP contribution in [0.2, 0.25) is 0 Å². The molecule has 0 bridgehead atoms. The second-order valence-electron chi connectivity index (χ2n) is 6.66. The SMILES string of the molecule is Cl.NCC1CCCN1C(=O)C1CCCN(C(=O)c2ccc(F)cc2)C1. The summed E-state index contributed by atoms with van der Waals surface area (Å²) < 4.78 is 13.0. The van der Waals surface area contributed by atoms with Crippen molar-refractivity contribution in [2.75, 3.05) is 26.2 Å². The molecule has 2 atom stereocenters. The summed E-state index contributed by atoms with van der Waals surface area (Å²) in [6.07, 6.45) is 3.58. The van der Waals surface area contributed by atoms with Gasteiger partial charge in [-0.1, -0.05) is 0 Å². The minimum atomic E-state index is -0.361. The first kappa shape index (κ1) is 19.7. The number of carbonyl (C=O) groups is 2. The normalized spacial score (nSPS) is 23.3. The first-order chi connectivity index (χ1) is 11.6. The van der Waals surface area contributed by atoms with E-state index in [1.54, 1.807) is 4.90 Å². The van der Waals surface area contributed by atoms with E-state index in [0.717, 1.165) is 32.2 Å². The molecule has 3 rings (SSSR count). The fourth-order valence-electron chi connectivity index (χ4n) is 3.74. The molecule has 0 radical (unpaired) electrons. The van der Waals surface area contributed by atoms with Gasteiger partial charge in [-0.05, 0) is 49.9 Å². The van der Waals surface area contributed by atoms with Crippen molar-refractivity contribution >= 4 is 24.2 Å². The molecule has 1 aromatic carbocycles. The van der Waals surface area contributed by atoms with Crippen LogP contribution in [-0.2, 0) is 4.79 Å². The van der Waals surface area contributed by atoms with E-state index in [2.05, 4.69) is 0 Å². The summed E-state index contributed by atoms with van der Waals surface area (Å²) in [5.74, 6) is -0.528. The van der Waals surface area contributed by atoms with E-state index in [9.17, 15) is 14.0 Å². The standard InChI is InChI=1S/C18H24FN3O2.ClH/c19-15-7-5-13(6-8-15)17(23)21-9-1-3-14(12-21)18(24)22-10-2-4-16(22)11-20;/h5-8,14,16H,1-4,9-12,20H2;1H. The Morgan fingerprint density at radius 3 is 2.48 bits per heavy atom. The first-order valence-corrected chi connectivity index (χ1v) is 8.65. The third-order valence-electron chi connectivity index (χ3n) is 5.08. The van der Waals surface area contributed by atoms with Crippen LogP contribution in [-0.4, -0.2) is 53.8 Å². The topological polar surface area (TPSA) is 66.6 Å². The van der Waals surface area contributed by atoms with Crippen LogP contribution in [0.4, 0.5) is 4.39 Å². The average Bonchev–Trinajstić information content (AvgIpc) is 3.10. The van der Waals surface area contributed by atoms with Crippen molar-refractivity contribution in [3.05, 3.63) is 35.6 Å². The van der Waals surface area contributed by atoms with E-state index in [1.807, 2.05) is 4.90 Å². The number of hydrogen-bond acceptors (Lipinski definition) is 3. The van der Waals surface area contributed by atoms with Gasteiger partial charge in [0.25, 0.3) is 5.91 Å². The molecule has 0 aromatic heterocycles. The molecule has 0 saturated carbocycles. The Morgan fingerprint density at radius 1 is 1.12 bits per heavy atom. The maximum Gasteiger partial charge on any atom is 0.253 e. The van der Waals surface area contributed by atoms with Crippen molar-refractivity contribution in [1.29, 1.82) is 0 Å². The Hall–Kier alpha value is -1.66. The summed E-state index contributed by atoms with van der Waals surface area (Å²) in [4.78, 5) is 29.0. The molecule has 0 spiro atoms. The van der Waals surface area contributed by atoms with Crippen LogP contribution in [0.25, 0.3) is 0 Å². The number of halogens is 2. The average molecular weight is 370 g/mol. The monoisotopic (exact) mass is 369 g/mol. The maximum absolute atomic E-state index is 13.0. The molecule has 25 heavy (non-hydrogen) atoms. The molecule has 2 unspecified atom stereocenters. The van der Waals surface area contributed by atoms with Gasteiger partial charge in [-0.25, -0.2) is 4.39 Å².